The Hall–Kier alpha value is -2.63. The van der Waals surface area contributed by atoms with Gasteiger partial charge in [-0.1, -0.05) is 0 Å². The topological polar surface area (TPSA) is 70.4 Å². The average Bonchev–Trinajstić information content (AvgIpc) is 2.54. The van der Waals surface area contributed by atoms with Crippen LogP contribution in [0.4, 0.5) is 0 Å². The van der Waals surface area contributed by atoms with E-state index in [0.717, 1.165) is 11.3 Å². The number of benzene rings is 1. The van der Waals surface area contributed by atoms with Crippen molar-refractivity contribution < 1.29 is 14.3 Å². The van der Waals surface area contributed by atoms with Gasteiger partial charge in [0.15, 0.2) is 0 Å². The lowest BCUT2D eigenvalue weighted by atomic mass is 10.1. The summed E-state index contributed by atoms with van der Waals surface area (Å²) in [4.78, 5) is 23.8. The monoisotopic (exact) mass is 288 g/mol. The van der Waals surface area contributed by atoms with Gasteiger partial charge in [0.05, 0.1) is 19.9 Å². The SMILES string of the molecule is CCn1nc(-c2ccc(OC)cc2)cc(C(=O)OC)c1=O. The number of rotatable bonds is 4. The molecule has 0 radical (unpaired) electrons. The van der Waals surface area contributed by atoms with Gasteiger partial charge >= 0.3 is 5.97 Å². The molecule has 0 fully saturated rings. The molecule has 0 aliphatic carbocycles. The van der Waals surface area contributed by atoms with Crippen molar-refractivity contribution in [3.63, 3.8) is 0 Å². The van der Waals surface area contributed by atoms with Gasteiger partial charge in [-0.25, -0.2) is 9.48 Å². The van der Waals surface area contributed by atoms with E-state index in [0.29, 0.717) is 12.2 Å². The first-order valence-electron chi connectivity index (χ1n) is 6.45. The molecule has 1 heterocycles. The first kappa shape index (κ1) is 14.8. The van der Waals surface area contributed by atoms with Gasteiger partial charge in [-0.15, -0.1) is 0 Å². The highest BCUT2D eigenvalue weighted by atomic mass is 16.5. The summed E-state index contributed by atoms with van der Waals surface area (Å²) in [6.07, 6.45) is 0. The predicted octanol–water partition coefficient (Wildman–Crippen LogP) is 1.73. The molecule has 2 rings (SSSR count). The van der Waals surface area contributed by atoms with Crippen LogP contribution < -0.4 is 10.3 Å². The first-order chi connectivity index (χ1) is 10.1. The van der Waals surface area contributed by atoms with Crippen molar-refractivity contribution in [1.82, 2.24) is 9.78 Å². The van der Waals surface area contributed by atoms with Crippen molar-refractivity contribution >= 4 is 5.97 Å². The van der Waals surface area contributed by atoms with Crippen molar-refractivity contribution in [3.8, 4) is 17.0 Å². The lowest BCUT2D eigenvalue weighted by Gasteiger charge is -2.08. The Bertz CT molecular complexity index is 705. The zero-order valence-electron chi connectivity index (χ0n) is 12.1. The summed E-state index contributed by atoms with van der Waals surface area (Å²) in [5.41, 5.74) is 0.824. The summed E-state index contributed by atoms with van der Waals surface area (Å²) in [5, 5.41) is 4.25. The molecule has 1 aromatic carbocycles. The smallest absolute Gasteiger partial charge is 0.343 e. The highest BCUT2D eigenvalue weighted by Gasteiger charge is 2.16. The Kier molecular flexibility index (Phi) is 4.37. The van der Waals surface area contributed by atoms with E-state index in [4.69, 9.17) is 4.74 Å². The van der Waals surface area contributed by atoms with E-state index in [2.05, 4.69) is 9.84 Å². The number of methoxy groups -OCH3 is 2. The third kappa shape index (κ3) is 2.94. The molecular weight excluding hydrogens is 272 g/mol. The second kappa shape index (κ2) is 6.21. The number of hydrogen-bond acceptors (Lipinski definition) is 5. The molecule has 0 atom stereocenters. The first-order valence-corrected chi connectivity index (χ1v) is 6.45. The molecule has 6 nitrogen and oxygen atoms in total. The molecule has 0 saturated heterocycles. The fourth-order valence-corrected chi connectivity index (χ4v) is 1.92. The van der Waals surface area contributed by atoms with Crippen LogP contribution in [0.1, 0.15) is 17.3 Å². The molecule has 6 heteroatoms. The molecule has 2 aromatic rings. The molecule has 110 valence electrons. The molecule has 0 spiro atoms. The standard InChI is InChI=1S/C15H16N2O4/c1-4-17-14(18)12(15(19)21-3)9-13(16-17)10-5-7-11(20-2)8-6-10/h5-9H,4H2,1-3H3. The van der Waals surface area contributed by atoms with Crippen LogP contribution in [0.2, 0.25) is 0 Å². The van der Waals surface area contributed by atoms with E-state index in [1.165, 1.54) is 17.9 Å². The van der Waals surface area contributed by atoms with E-state index >= 15 is 0 Å². The Morgan fingerprint density at radius 2 is 1.90 bits per heavy atom. The van der Waals surface area contributed by atoms with E-state index in [1.807, 2.05) is 12.1 Å². The van der Waals surface area contributed by atoms with Crippen LogP contribution in [0, 0.1) is 0 Å². The number of aromatic nitrogens is 2. The quantitative estimate of drug-likeness (QED) is 0.801. The molecule has 21 heavy (non-hydrogen) atoms. The second-order valence-electron chi connectivity index (χ2n) is 4.28. The molecule has 0 N–H and O–H groups in total. The summed E-state index contributed by atoms with van der Waals surface area (Å²) >= 11 is 0. The van der Waals surface area contributed by atoms with Crippen molar-refractivity contribution in [2.75, 3.05) is 14.2 Å². The molecule has 0 bridgehead atoms. The number of nitrogens with zero attached hydrogens (tertiary/aromatic N) is 2. The summed E-state index contributed by atoms with van der Waals surface area (Å²) in [5.74, 6) is 0.0510. The van der Waals surface area contributed by atoms with Gasteiger partial charge in [0.25, 0.3) is 5.56 Å². The maximum atomic E-state index is 12.1. The van der Waals surface area contributed by atoms with Crippen LogP contribution in [-0.4, -0.2) is 30.0 Å². The number of aryl methyl sites for hydroxylation is 1. The Labute approximate surface area is 121 Å². The lowest BCUT2D eigenvalue weighted by molar-refractivity contribution is 0.0597. The molecular formula is C15H16N2O4. The molecule has 0 saturated carbocycles. The molecule has 0 aliphatic heterocycles. The van der Waals surface area contributed by atoms with Gasteiger partial charge in [0.2, 0.25) is 0 Å². The maximum Gasteiger partial charge on any atom is 0.343 e. The third-order valence-electron chi connectivity index (χ3n) is 3.06. The van der Waals surface area contributed by atoms with Crippen LogP contribution in [0.25, 0.3) is 11.3 Å². The minimum atomic E-state index is -0.667. The second-order valence-corrected chi connectivity index (χ2v) is 4.28. The van der Waals surface area contributed by atoms with Gasteiger partial charge in [-0.05, 0) is 37.3 Å². The zero-order chi connectivity index (χ0) is 15.4. The van der Waals surface area contributed by atoms with Crippen molar-refractivity contribution in [1.29, 1.82) is 0 Å². The van der Waals surface area contributed by atoms with Crippen molar-refractivity contribution in [2.45, 2.75) is 13.5 Å². The predicted molar refractivity (Wildman–Crippen MR) is 77.5 cm³/mol. The van der Waals surface area contributed by atoms with Gasteiger partial charge in [0, 0.05) is 12.1 Å². The number of carbonyl (C=O) groups excluding carboxylic acids is 1. The van der Waals surface area contributed by atoms with Crippen LogP contribution >= 0.6 is 0 Å². The summed E-state index contributed by atoms with van der Waals surface area (Å²) in [6.45, 7) is 2.15. The summed E-state index contributed by atoms with van der Waals surface area (Å²) in [6, 6.07) is 8.65. The zero-order valence-corrected chi connectivity index (χ0v) is 12.1. The Balaban J connectivity index is 2.57. The van der Waals surface area contributed by atoms with Crippen molar-refractivity contribution in [2.24, 2.45) is 0 Å². The van der Waals surface area contributed by atoms with E-state index in [1.54, 1.807) is 26.2 Å². The average molecular weight is 288 g/mol. The van der Waals surface area contributed by atoms with Crippen LogP contribution in [0.5, 0.6) is 5.75 Å². The van der Waals surface area contributed by atoms with E-state index in [-0.39, 0.29) is 5.56 Å². The van der Waals surface area contributed by atoms with E-state index < -0.39 is 11.5 Å². The highest BCUT2D eigenvalue weighted by molar-refractivity contribution is 5.90. The van der Waals surface area contributed by atoms with Crippen LogP contribution in [0.15, 0.2) is 35.1 Å². The summed E-state index contributed by atoms with van der Waals surface area (Å²) < 4.78 is 11.0. The van der Waals surface area contributed by atoms with Gasteiger partial charge < -0.3 is 9.47 Å². The summed E-state index contributed by atoms with van der Waals surface area (Å²) in [7, 11) is 2.82. The highest BCUT2D eigenvalue weighted by Crippen LogP contribution is 2.20. The van der Waals surface area contributed by atoms with Gasteiger partial charge in [-0.2, -0.15) is 5.10 Å². The van der Waals surface area contributed by atoms with Crippen LogP contribution in [0.3, 0.4) is 0 Å². The largest absolute Gasteiger partial charge is 0.497 e. The number of carbonyl (C=O) groups is 1. The maximum absolute atomic E-state index is 12.1. The Morgan fingerprint density at radius 3 is 2.43 bits per heavy atom. The van der Waals surface area contributed by atoms with Gasteiger partial charge in [0.1, 0.15) is 11.3 Å². The fraction of sp³-hybridized carbons (Fsp3) is 0.267. The Morgan fingerprint density at radius 1 is 1.24 bits per heavy atom. The normalized spacial score (nSPS) is 10.2. The molecule has 1 aromatic heterocycles. The molecule has 0 aliphatic rings. The lowest BCUT2D eigenvalue weighted by Crippen LogP contribution is -2.28. The molecule has 0 amide bonds. The van der Waals surface area contributed by atoms with Crippen molar-refractivity contribution in [3.05, 3.63) is 46.2 Å². The van der Waals surface area contributed by atoms with E-state index in [9.17, 15) is 9.59 Å². The fourth-order valence-electron chi connectivity index (χ4n) is 1.92. The third-order valence-corrected chi connectivity index (χ3v) is 3.06. The number of esters is 1. The number of ether oxygens (including phenoxy) is 2. The minimum Gasteiger partial charge on any atom is -0.497 e. The number of hydrogen-bond donors (Lipinski definition) is 0. The van der Waals surface area contributed by atoms with Crippen LogP contribution in [-0.2, 0) is 11.3 Å². The minimum absolute atomic E-state index is 0.0276. The van der Waals surface area contributed by atoms with Gasteiger partial charge in [-0.3, -0.25) is 4.79 Å². The molecule has 0 unspecified atom stereocenters.